The summed E-state index contributed by atoms with van der Waals surface area (Å²) in [5, 5.41) is 5.49. The van der Waals surface area contributed by atoms with Crippen molar-refractivity contribution in [3.63, 3.8) is 0 Å². The van der Waals surface area contributed by atoms with Gasteiger partial charge in [-0.25, -0.2) is 4.79 Å². The molecule has 1 aromatic carbocycles. The van der Waals surface area contributed by atoms with Gasteiger partial charge in [-0.1, -0.05) is 6.92 Å². The van der Waals surface area contributed by atoms with Gasteiger partial charge in [0.1, 0.15) is 0 Å². The average molecular weight is 349 g/mol. The first-order valence-corrected chi connectivity index (χ1v) is 8.38. The minimum Gasteiger partial charge on any atom is -0.459 e. The summed E-state index contributed by atoms with van der Waals surface area (Å²) in [5.74, 6) is -0.737. The Morgan fingerprint density at radius 1 is 1.08 bits per heavy atom. The lowest BCUT2D eigenvalue weighted by Gasteiger charge is -2.16. The largest absolute Gasteiger partial charge is 0.459 e. The van der Waals surface area contributed by atoms with Crippen LogP contribution in [-0.4, -0.2) is 55.5 Å². The van der Waals surface area contributed by atoms with Gasteiger partial charge in [0.25, 0.3) is 0 Å². The summed E-state index contributed by atoms with van der Waals surface area (Å²) < 4.78 is 5.10. The smallest absolute Gasteiger partial charge is 0.338 e. The van der Waals surface area contributed by atoms with Crippen LogP contribution in [-0.2, 0) is 14.3 Å². The van der Waals surface area contributed by atoms with Crippen molar-refractivity contribution in [1.29, 1.82) is 0 Å². The summed E-state index contributed by atoms with van der Waals surface area (Å²) in [6.45, 7) is 6.43. The number of esters is 1. The van der Waals surface area contributed by atoms with Gasteiger partial charge in [0, 0.05) is 12.2 Å². The lowest BCUT2D eigenvalue weighted by atomic mass is 10.2. The van der Waals surface area contributed by atoms with Crippen molar-refractivity contribution < 1.29 is 19.1 Å². The van der Waals surface area contributed by atoms with Crippen LogP contribution in [0.25, 0.3) is 0 Å². The van der Waals surface area contributed by atoms with E-state index in [1.54, 1.807) is 50.1 Å². The third kappa shape index (κ3) is 8.30. The molecule has 0 atom stereocenters. The van der Waals surface area contributed by atoms with E-state index in [9.17, 15) is 14.4 Å². The van der Waals surface area contributed by atoms with Gasteiger partial charge >= 0.3 is 5.97 Å². The molecule has 0 unspecified atom stereocenters. The number of carbonyl (C=O) groups excluding carboxylic acids is 3. The fraction of sp³-hybridized carbons (Fsp3) is 0.500. The maximum atomic E-state index is 12.0. The minimum atomic E-state index is -0.397. The zero-order valence-corrected chi connectivity index (χ0v) is 15.3. The average Bonchev–Trinajstić information content (AvgIpc) is 2.52. The Morgan fingerprint density at radius 2 is 1.68 bits per heavy atom. The molecule has 0 bridgehead atoms. The van der Waals surface area contributed by atoms with Gasteiger partial charge in [-0.05, 0) is 51.6 Å². The van der Waals surface area contributed by atoms with E-state index in [0.717, 1.165) is 6.42 Å². The number of nitrogens with zero attached hydrogens (tertiary/aromatic N) is 1. The fourth-order valence-corrected chi connectivity index (χ4v) is 2.04. The van der Waals surface area contributed by atoms with Crippen molar-refractivity contribution in [2.75, 3.05) is 32.0 Å². The molecule has 0 saturated carbocycles. The molecular formula is C18H27N3O4. The quantitative estimate of drug-likeness (QED) is 0.662. The monoisotopic (exact) mass is 349 g/mol. The number of nitrogens with one attached hydrogen (secondary N) is 2. The van der Waals surface area contributed by atoms with Crippen molar-refractivity contribution >= 4 is 23.5 Å². The molecule has 0 radical (unpaired) electrons. The first kappa shape index (κ1) is 20.6. The molecule has 2 N–H and O–H groups in total. The van der Waals surface area contributed by atoms with Crippen molar-refractivity contribution in [1.82, 2.24) is 10.2 Å². The van der Waals surface area contributed by atoms with E-state index in [1.165, 1.54) is 0 Å². The van der Waals surface area contributed by atoms with Crippen LogP contribution >= 0.6 is 0 Å². The molecule has 0 spiro atoms. The molecule has 0 fully saturated rings. The van der Waals surface area contributed by atoms with Gasteiger partial charge in [-0.2, -0.15) is 0 Å². The molecule has 25 heavy (non-hydrogen) atoms. The molecule has 0 saturated heterocycles. The van der Waals surface area contributed by atoms with Gasteiger partial charge in [-0.3, -0.25) is 14.5 Å². The first-order valence-electron chi connectivity index (χ1n) is 8.38. The SMILES string of the molecule is CCCNC(=O)CN(C)CC(=O)Nc1ccc(C(=O)OC(C)C)cc1. The minimum absolute atomic E-state index is 0.0939. The van der Waals surface area contributed by atoms with Gasteiger partial charge in [-0.15, -0.1) is 0 Å². The Hall–Kier alpha value is -2.41. The molecule has 2 amide bonds. The van der Waals surface area contributed by atoms with Crippen LogP contribution in [0.1, 0.15) is 37.6 Å². The second kappa shape index (κ2) is 10.5. The van der Waals surface area contributed by atoms with E-state index >= 15 is 0 Å². The highest BCUT2D eigenvalue weighted by molar-refractivity contribution is 5.94. The van der Waals surface area contributed by atoms with Crippen molar-refractivity contribution in [2.45, 2.75) is 33.3 Å². The highest BCUT2D eigenvalue weighted by Crippen LogP contribution is 2.11. The van der Waals surface area contributed by atoms with E-state index in [1.807, 2.05) is 6.92 Å². The lowest BCUT2D eigenvalue weighted by Crippen LogP contribution is -2.39. The van der Waals surface area contributed by atoms with Crippen LogP contribution in [0, 0.1) is 0 Å². The van der Waals surface area contributed by atoms with E-state index in [4.69, 9.17) is 4.74 Å². The Morgan fingerprint density at radius 3 is 2.24 bits per heavy atom. The molecule has 1 aromatic rings. The number of ether oxygens (including phenoxy) is 1. The molecule has 0 heterocycles. The van der Waals surface area contributed by atoms with Crippen LogP contribution in [0.4, 0.5) is 5.69 Å². The summed E-state index contributed by atoms with van der Waals surface area (Å²) in [6, 6.07) is 6.48. The summed E-state index contributed by atoms with van der Waals surface area (Å²) in [4.78, 5) is 37.0. The molecule has 138 valence electrons. The Balaban J connectivity index is 2.46. The summed E-state index contributed by atoms with van der Waals surface area (Å²) >= 11 is 0. The molecule has 7 nitrogen and oxygen atoms in total. The van der Waals surface area contributed by atoms with Crippen LogP contribution in [0.5, 0.6) is 0 Å². The Labute approximate surface area is 148 Å². The predicted octanol–water partition coefficient (Wildman–Crippen LogP) is 1.65. The third-order valence-corrected chi connectivity index (χ3v) is 3.15. The van der Waals surface area contributed by atoms with E-state index < -0.39 is 5.97 Å². The summed E-state index contributed by atoms with van der Waals surface area (Å²) in [5.41, 5.74) is 1.01. The molecule has 0 aliphatic heterocycles. The number of hydrogen-bond donors (Lipinski definition) is 2. The Bertz CT molecular complexity index is 584. The van der Waals surface area contributed by atoms with Crippen molar-refractivity contribution in [3.05, 3.63) is 29.8 Å². The van der Waals surface area contributed by atoms with Crippen molar-refractivity contribution in [3.8, 4) is 0 Å². The number of hydrogen-bond acceptors (Lipinski definition) is 5. The number of rotatable bonds is 9. The second-order valence-electron chi connectivity index (χ2n) is 6.10. The van der Waals surface area contributed by atoms with Crippen LogP contribution in [0.2, 0.25) is 0 Å². The van der Waals surface area contributed by atoms with E-state index in [-0.39, 0.29) is 31.0 Å². The highest BCUT2D eigenvalue weighted by Gasteiger charge is 2.12. The molecule has 0 aromatic heterocycles. The van der Waals surface area contributed by atoms with Crippen molar-refractivity contribution in [2.24, 2.45) is 0 Å². The Kier molecular flexibility index (Phi) is 8.63. The number of likely N-dealkylation sites (N-methyl/N-ethyl adjacent to an activating group) is 1. The van der Waals surface area contributed by atoms with Gasteiger partial charge in [0.05, 0.1) is 24.8 Å². The number of anilines is 1. The fourth-order valence-electron chi connectivity index (χ4n) is 2.04. The summed E-state index contributed by atoms with van der Waals surface area (Å²) in [7, 11) is 1.70. The highest BCUT2D eigenvalue weighted by atomic mass is 16.5. The second-order valence-corrected chi connectivity index (χ2v) is 6.10. The number of amides is 2. The number of carbonyl (C=O) groups is 3. The predicted molar refractivity (Wildman–Crippen MR) is 96.4 cm³/mol. The topological polar surface area (TPSA) is 87.7 Å². The first-order chi connectivity index (χ1) is 11.8. The molecular weight excluding hydrogens is 322 g/mol. The summed E-state index contributed by atoms with van der Waals surface area (Å²) in [6.07, 6.45) is 0.688. The zero-order chi connectivity index (χ0) is 18.8. The molecule has 1 rings (SSSR count). The zero-order valence-electron chi connectivity index (χ0n) is 15.3. The lowest BCUT2D eigenvalue weighted by molar-refractivity contribution is -0.122. The van der Waals surface area contributed by atoms with Crippen LogP contribution < -0.4 is 10.6 Å². The number of benzene rings is 1. The molecule has 0 aliphatic rings. The van der Waals surface area contributed by atoms with E-state index in [2.05, 4.69) is 10.6 Å². The maximum absolute atomic E-state index is 12.0. The van der Waals surface area contributed by atoms with Gasteiger partial charge < -0.3 is 15.4 Å². The standard InChI is InChI=1S/C18H27N3O4/c1-5-10-19-16(22)11-21(4)12-17(23)20-15-8-6-14(7-9-15)18(24)25-13(2)3/h6-9,13H,5,10-12H2,1-4H3,(H,19,22)(H,20,23). The maximum Gasteiger partial charge on any atom is 0.338 e. The molecule has 7 heteroatoms. The van der Waals surface area contributed by atoms with Gasteiger partial charge in [0.2, 0.25) is 11.8 Å². The third-order valence-electron chi connectivity index (χ3n) is 3.15. The molecule has 0 aliphatic carbocycles. The van der Waals surface area contributed by atoms with Crippen LogP contribution in [0.3, 0.4) is 0 Å². The van der Waals surface area contributed by atoms with Crippen LogP contribution in [0.15, 0.2) is 24.3 Å². The normalized spacial score (nSPS) is 10.6. The van der Waals surface area contributed by atoms with E-state index in [0.29, 0.717) is 17.8 Å². The van der Waals surface area contributed by atoms with Gasteiger partial charge in [0.15, 0.2) is 0 Å².